The van der Waals surface area contributed by atoms with Crippen LogP contribution in [0.5, 0.6) is 0 Å². The lowest BCUT2D eigenvalue weighted by molar-refractivity contribution is -1.02. The summed E-state index contributed by atoms with van der Waals surface area (Å²) < 4.78 is 0.945. The molecule has 2 N–H and O–H groups in total. The number of nitrogens with one attached hydrogen (secondary N) is 1. The molecular weight excluding hydrogens is 264 g/mol. The molecule has 0 radical (unpaired) electrons. The second kappa shape index (κ2) is 6.66. The predicted octanol–water partition coefficient (Wildman–Crippen LogP) is 2.45. The summed E-state index contributed by atoms with van der Waals surface area (Å²) in [4.78, 5) is 11.4. The number of hydrogen-bond donors (Lipinski definition) is 2. The number of quaternary nitrogens is 1. The van der Waals surface area contributed by atoms with Gasteiger partial charge in [0, 0.05) is 25.8 Å². The molecule has 1 amide bonds. The monoisotopic (exact) mass is 299 g/mol. The molecule has 0 atom stereocenters. The zero-order valence-corrected chi connectivity index (χ0v) is 14.8. The van der Waals surface area contributed by atoms with Gasteiger partial charge < -0.3 is 14.9 Å². The average Bonchev–Trinajstić information content (AvgIpc) is 2.30. The first-order chi connectivity index (χ1) is 9.62. The molecular formula is C17H35N2O2+. The molecule has 0 spiro atoms. The quantitative estimate of drug-likeness (QED) is 0.740. The van der Waals surface area contributed by atoms with E-state index in [-0.39, 0.29) is 29.6 Å². The molecule has 124 valence electrons. The molecule has 1 saturated heterocycles. The van der Waals surface area contributed by atoms with Gasteiger partial charge in [0.1, 0.15) is 6.54 Å². The van der Waals surface area contributed by atoms with Crippen molar-refractivity contribution >= 4 is 5.91 Å². The van der Waals surface area contributed by atoms with E-state index in [2.05, 4.69) is 39.9 Å². The maximum absolute atomic E-state index is 11.4. The van der Waals surface area contributed by atoms with Crippen LogP contribution in [0.3, 0.4) is 0 Å². The van der Waals surface area contributed by atoms with Gasteiger partial charge in [-0.2, -0.15) is 0 Å². The highest BCUT2D eigenvalue weighted by Crippen LogP contribution is 2.46. The maximum atomic E-state index is 11.4. The van der Waals surface area contributed by atoms with Gasteiger partial charge in [0.15, 0.2) is 0 Å². The Morgan fingerprint density at radius 2 is 1.71 bits per heavy atom. The summed E-state index contributed by atoms with van der Waals surface area (Å²) >= 11 is 0. The number of carbonyl (C=O) groups excluding carboxylic acids is 1. The maximum Gasteiger partial charge on any atom is 0.217 e. The molecule has 0 aromatic rings. The molecule has 0 aromatic carbocycles. The third-order valence-corrected chi connectivity index (χ3v) is 5.59. The summed E-state index contributed by atoms with van der Waals surface area (Å²) in [7, 11) is 0. The average molecular weight is 299 g/mol. The highest BCUT2D eigenvalue weighted by atomic mass is 16.3. The van der Waals surface area contributed by atoms with Crippen LogP contribution in [0, 0.1) is 0 Å². The number of aliphatic hydroxyl groups is 1. The Morgan fingerprint density at radius 1 is 1.19 bits per heavy atom. The van der Waals surface area contributed by atoms with Gasteiger partial charge in [-0.05, 0) is 34.1 Å². The zero-order valence-electron chi connectivity index (χ0n) is 14.8. The van der Waals surface area contributed by atoms with Crippen molar-refractivity contribution in [2.75, 3.05) is 19.7 Å². The molecule has 0 aliphatic carbocycles. The molecule has 1 fully saturated rings. The van der Waals surface area contributed by atoms with Gasteiger partial charge in [0.05, 0.1) is 24.2 Å². The Balaban J connectivity index is 3.13. The molecule has 21 heavy (non-hydrogen) atoms. The van der Waals surface area contributed by atoms with Crippen LogP contribution >= 0.6 is 0 Å². The van der Waals surface area contributed by atoms with Gasteiger partial charge in [-0.3, -0.25) is 4.79 Å². The number of unbranched alkanes of at least 4 members (excludes halogenated alkanes) is 1. The van der Waals surface area contributed by atoms with Crippen molar-refractivity contribution in [3.05, 3.63) is 0 Å². The van der Waals surface area contributed by atoms with E-state index < -0.39 is 0 Å². The van der Waals surface area contributed by atoms with E-state index in [0.29, 0.717) is 0 Å². The topological polar surface area (TPSA) is 49.3 Å². The van der Waals surface area contributed by atoms with E-state index >= 15 is 0 Å². The lowest BCUT2D eigenvalue weighted by atomic mass is 9.73. The molecule has 0 bridgehead atoms. The largest absolute Gasteiger partial charge is 0.391 e. The molecule has 0 saturated carbocycles. The van der Waals surface area contributed by atoms with Crippen molar-refractivity contribution in [2.45, 2.75) is 84.3 Å². The smallest absolute Gasteiger partial charge is 0.217 e. The summed E-state index contributed by atoms with van der Waals surface area (Å²) in [5, 5.41) is 12.8. The summed E-state index contributed by atoms with van der Waals surface area (Å²) in [6, 6.07) is 0.235. The van der Waals surface area contributed by atoms with Crippen LogP contribution in [0.1, 0.15) is 67.2 Å². The molecule has 4 heteroatoms. The summed E-state index contributed by atoms with van der Waals surface area (Å²) in [5.41, 5.74) is 0.0968. The fourth-order valence-corrected chi connectivity index (χ4v) is 4.76. The van der Waals surface area contributed by atoms with E-state index in [0.717, 1.165) is 30.4 Å². The first-order valence-electron chi connectivity index (χ1n) is 8.37. The number of amides is 1. The van der Waals surface area contributed by atoms with Gasteiger partial charge >= 0.3 is 0 Å². The molecule has 4 nitrogen and oxygen atoms in total. The first-order valence-corrected chi connectivity index (χ1v) is 8.37. The number of likely N-dealkylation sites (tertiary alicyclic amines) is 1. The number of aliphatic hydroxyl groups excluding tert-OH is 1. The van der Waals surface area contributed by atoms with Crippen molar-refractivity contribution < 1.29 is 14.4 Å². The number of nitrogens with zero attached hydrogens (tertiary/aromatic N) is 1. The Kier molecular flexibility index (Phi) is 5.84. The minimum atomic E-state index is 0.0484. The van der Waals surface area contributed by atoms with Gasteiger partial charge in [0.2, 0.25) is 5.91 Å². The standard InChI is InChI=1S/C17H34N2O2/c1-7-8-9-19(10-11-20)16(3,4)12-15(18-14(2)21)13-17(19,5)6/h15,20H,7-13H2,1-6H3/p+1. The normalized spacial score (nSPS) is 30.9. The number of carbonyl (C=O) groups is 1. The van der Waals surface area contributed by atoms with Crippen LogP contribution < -0.4 is 5.32 Å². The molecule has 1 aliphatic heterocycles. The van der Waals surface area contributed by atoms with E-state index in [1.54, 1.807) is 6.92 Å². The van der Waals surface area contributed by atoms with E-state index in [1.807, 2.05) is 0 Å². The zero-order chi connectivity index (χ0) is 16.3. The first kappa shape index (κ1) is 18.4. The highest BCUT2D eigenvalue weighted by Gasteiger charge is 2.58. The SMILES string of the molecule is CCCC[N+]1(CCO)C(C)(C)CC(NC(C)=O)CC1(C)C. The lowest BCUT2D eigenvalue weighted by Gasteiger charge is -2.63. The fourth-order valence-electron chi connectivity index (χ4n) is 4.76. The minimum absolute atomic E-state index is 0.0484. The van der Waals surface area contributed by atoms with Crippen LogP contribution in [0.2, 0.25) is 0 Å². The third kappa shape index (κ3) is 3.59. The van der Waals surface area contributed by atoms with E-state index in [4.69, 9.17) is 0 Å². The van der Waals surface area contributed by atoms with E-state index in [1.165, 1.54) is 12.8 Å². The van der Waals surface area contributed by atoms with Gasteiger partial charge in [-0.25, -0.2) is 0 Å². The third-order valence-electron chi connectivity index (χ3n) is 5.59. The van der Waals surface area contributed by atoms with Crippen LogP contribution in [0.15, 0.2) is 0 Å². The number of rotatable bonds is 6. The van der Waals surface area contributed by atoms with Gasteiger partial charge in [-0.15, -0.1) is 0 Å². The van der Waals surface area contributed by atoms with E-state index in [9.17, 15) is 9.90 Å². The van der Waals surface area contributed by atoms with Crippen molar-refractivity contribution in [3.8, 4) is 0 Å². The Bertz CT molecular complexity index is 346. The molecule has 0 aromatic heterocycles. The highest BCUT2D eigenvalue weighted by molar-refractivity contribution is 5.73. The molecule has 1 heterocycles. The van der Waals surface area contributed by atoms with Crippen LogP contribution in [0.4, 0.5) is 0 Å². The van der Waals surface area contributed by atoms with Crippen molar-refractivity contribution in [2.24, 2.45) is 0 Å². The summed E-state index contributed by atoms with van der Waals surface area (Å²) in [6.07, 6.45) is 4.30. The van der Waals surface area contributed by atoms with Crippen molar-refractivity contribution in [3.63, 3.8) is 0 Å². The van der Waals surface area contributed by atoms with Crippen LogP contribution in [0.25, 0.3) is 0 Å². The lowest BCUT2D eigenvalue weighted by Crippen LogP contribution is -2.77. The van der Waals surface area contributed by atoms with Crippen LogP contribution in [-0.2, 0) is 4.79 Å². The molecule has 0 unspecified atom stereocenters. The fraction of sp³-hybridized carbons (Fsp3) is 0.941. The Morgan fingerprint density at radius 3 is 2.10 bits per heavy atom. The van der Waals surface area contributed by atoms with Gasteiger partial charge in [0.25, 0.3) is 0 Å². The second-order valence-electron chi connectivity index (χ2n) is 7.92. The summed E-state index contributed by atoms with van der Waals surface area (Å²) in [6.45, 7) is 15.1. The minimum Gasteiger partial charge on any atom is -0.391 e. The molecule has 1 aliphatic rings. The second-order valence-corrected chi connectivity index (χ2v) is 7.92. The number of piperidine rings is 1. The predicted molar refractivity (Wildman–Crippen MR) is 87.0 cm³/mol. The van der Waals surface area contributed by atoms with Gasteiger partial charge in [-0.1, -0.05) is 13.3 Å². The molecule has 1 rings (SSSR count). The van der Waals surface area contributed by atoms with Crippen molar-refractivity contribution in [1.29, 1.82) is 0 Å². The Labute approximate surface area is 130 Å². The van der Waals surface area contributed by atoms with Crippen molar-refractivity contribution in [1.82, 2.24) is 5.32 Å². The summed E-state index contributed by atoms with van der Waals surface area (Å²) in [5.74, 6) is 0.0577. The Hall–Kier alpha value is -0.610. The van der Waals surface area contributed by atoms with Crippen LogP contribution in [-0.4, -0.2) is 52.3 Å². The number of hydrogen-bond acceptors (Lipinski definition) is 2.